The van der Waals surface area contributed by atoms with Crippen LogP contribution in [0.5, 0.6) is 5.75 Å². The summed E-state index contributed by atoms with van der Waals surface area (Å²) in [5, 5.41) is 6.39. The molecule has 0 saturated carbocycles. The van der Waals surface area contributed by atoms with Crippen molar-refractivity contribution in [1.82, 2.24) is 5.32 Å². The molecule has 4 aromatic rings. The van der Waals surface area contributed by atoms with Crippen LogP contribution in [0, 0.1) is 0 Å². The number of benzene rings is 3. The number of furan rings is 1. The van der Waals surface area contributed by atoms with Crippen LogP contribution < -0.4 is 10.1 Å². The minimum Gasteiger partial charge on any atom is -0.487 e. The van der Waals surface area contributed by atoms with Crippen LogP contribution in [-0.4, -0.2) is 11.5 Å². The molecule has 3 aromatic carbocycles. The first-order valence-corrected chi connectivity index (χ1v) is 10.6. The highest BCUT2D eigenvalue weighted by atomic mass is 16.5. The minimum atomic E-state index is -0.267. The van der Waals surface area contributed by atoms with E-state index in [4.69, 9.17) is 9.15 Å². The van der Waals surface area contributed by atoms with Gasteiger partial charge in [-0.3, -0.25) is 4.79 Å². The summed E-state index contributed by atoms with van der Waals surface area (Å²) in [5.41, 5.74) is 1.48. The maximum Gasteiger partial charge on any atom is 0.287 e. The Hall–Kier alpha value is -3.27. The number of ether oxygens (including phenoxy) is 1. The fourth-order valence-corrected chi connectivity index (χ4v) is 4.56. The lowest BCUT2D eigenvalue weighted by Crippen LogP contribution is -2.44. The Kier molecular flexibility index (Phi) is 4.50. The van der Waals surface area contributed by atoms with Crippen LogP contribution in [-0.2, 0) is 0 Å². The van der Waals surface area contributed by atoms with Gasteiger partial charge in [-0.25, -0.2) is 0 Å². The van der Waals surface area contributed by atoms with E-state index in [9.17, 15) is 4.79 Å². The summed E-state index contributed by atoms with van der Waals surface area (Å²) in [4.78, 5) is 13.2. The van der Waals surface area contributed by atoms with Gasteiger partial charge < -0.3 is 14.5 Å². The highest BCUT2D eigenvalue weighted by molar-refractivity contribution is 6.08. The molecule has 0 radical (unpaired) electrons. The highest BCUT2D eigenvalue weighted by Crippen LogP contribution is 2.42. The normalized spacial score (nSPS) is 17.5. The third-order valence-corrected chi connectivity index (χ3v) is 6.44. The number of carbonyl (C=O) groups is 1. The van der Waals surface area contributed by atoms with Gasteiger partial charge >= 0.3 is 0 Å². The molecule has 30 heavy (non-hydrogen) atoms. The van der Waals surface area contributed by atoms with E-state index in [1.165, 1.54) is 0 Å². The van der Waals surface area contributed by atoms with Gasteiger partial charge in [0.25, 0.3) is 5.91 Å². The lowest BCUT2D eigenvalue weighted by molar-refractivity contribution is 0.0225. The minimum absolute atomic E-state index is 0.118. The quantitative estimate of drug-likeness (QED) is 0.432. The van der Waals surface area contributed by atoms with Gasteiger partial charge in [-0.2, -0.15) is 0 Å². The molecule has 0 fully saturated rings. The zero-order chi connectivity index (χ0) is 20.7. The molecule has 152 valence electrons. The Bertz CT molecular complexity index is 1240. The Morgan fingerprint density at radius 1 is 1.00 bits per heavy atom. The van der Waals surface area contributed by atoms with Gasteiger partial charge in [-0.15, -0.1) is 0 Å². The standard InChI is InChI=1S/C26H25NO3/c1-3-26(4-2)16-21(19-11-7-8-12-23(19)30-26)27-25(28)24-15-20-18-10-6-5-9-17(18)13-14-22(20)29-24/h5-15,21H,3-4,16H2,1-2H3,(H,27,28)/t21-/m1/s1. The second kappa shape index (κ2) is 7.21. The number of nitrogens with one attached hydrogen (secondary N) is 1. The number of fused-ring (bicyclic) bond motifs is 4. The van der Waals surface area contributed by atoms with Gasteiger partial charge in [0.05, 0.1) is 6.04 Å². The third kappa shape index (κ3) is 3.04. The third-order valence-electron chi connectivity index (χ3n) is 6.44. The van der Waals surface area contributed by atoms with Crippen LogP contribution in [0.3, 0.4) is 0 Å². The van der Waals surface area contributed by atoms with Crippen molar-refractivity contribution < 1.29 is 13.9 Å². The zero-order valence-electron chi connectivity index (χ0n) is 17.3. The van der Waals surface area contributed by atoms with Crippen LogP contribution in [0.1, 0.15) is 55.3 Å². The van der Waals surface area contributed by atoms with Crippen molar-refractivity contribution in [2.24, 2.45) is 0 Å². The molecule has 5 rings (SSSR count). The Balaban J connectivity index is 1.49. The van der Waals surface area contributed by atoms with Crippen LogP contribution in [0.4, 0.5) is 0 Å². The van der Waals surface area contributed by atoms with E-state index >= 15 is 0 Å². The second-order valence-corrected chi connectivity index (χ2v) is 8.07. The van der Waals surface area contributed by atoms with Gasteiger partial charge in [-0.05, 0) is 41.8 Å². The first-order valence-electron chi connectivity index (χ1n) is 10.6. The van der Waals surface area contributed by atoms with Crippen molar-refractivity contribution in [3.8, 4) is 5.75 Å². The molecule has 1 aromatic heterocycles. The monoisotopic (exact) mass is 399 g/mol. The predicted molar refractivity (Wildman–Crippen MR) is 119 cm³/mol. The summed E-state index contributed by atoms with van der Waals surface area (Å²) in [6.07, 6.45) is 2.52. The average molecular weight is 399 g/mol. The van der Waals surface area contributed by atoms with E-state index in [0.29, 0.717) is 5.76 Å². The molecule has 4 nitrogen and oxygen atoms in total. The number of hydrogen-bond acceptors (Lipinski definition) is 3. The van der Waals surface area contributed by atoms with Gasteiger partial charge in [-0.1, -0.05) is 62.4 Å². The molecule has 1 atom stereocenters. The fraction of sp³-hybridized carbons (Fsp3) is 0.269. The lowest BCUT2D eigenvalue weighted by Gasteiger charge is -2.41. The molecule has 0 bridgehead atoms. The number of rotatable bonds is 4. The zero-order valence-corrected chi connectivity index (χ0v) is 17.3. The van der Waals surface area contributed by atoms with Crippen molar-refractivity contribution in [3.63, 3.8) is 0 Å². The number of carbonyl (C=O) groups excluding carboxylic acids is 1. The van der Waals surface area contributed by atoms with Crippen LogP contribution >= 0.6 is 0 Å². The molecule has 4 heteroatoms. The smallest absolute Gasteiger partial charge is 0.287 e. The Labute approximate surface area is 175 Å². The summed E-state index contributed by atoms with van der Waals surface area (Å²) in [5.74, 6) is 0.996. The summed E-state index contributed by atoms with van der Waals surface area (Å²) in [6, 6.07) is 21.8. The van der Waals surface area contributed by atoms with Gasteiger partial charge in [0.15, 0.2) is 5.76 Å². The summed E-state index contributed by atoms with van der Waals surface area (Å²) in [6.45, 7) is 4.28. The summed E-state index contributed by atoms with van der Waals surface area (Å²) < 4.78 is 12.3. The molecule has 1 amide bonds. The summed E-state index contributed by atoms with van der Waals surface area (Å²) >= 11 is 0. The molecule has 1 aliphatic rings. The van der Waals surface area contributed by atoms with E-state index in [-0.39, 0.29) is 17.6 Å². The average Bonchev–Trinajstić information content (AvgIpc) is 3.24. The lowest BCUT2D eigenvalue weighted by atomic mass is 9.83. The van der Waals surface area contributed by atoms with Crippen molar-refractivity contribution in [1.29, 1.82) is 0 Å². The molecule has 0 saturated heterocycles. The van der Waals surface area contributed by atoms with Crippen molar-refractivity contribution in [3.05, 3.63) is 78.1 Å². The Morgan fingerprint density at radius 3 is 2.60 bits per heavy atom. The number of para-hydroxylation sites is 1. The van der Waals surface area contributed by atoms with E-state index in [1.807, 2.05) is 54.6 Å². The fourth-order valence-electron chi connectivity index (χ4n) is 4.56. The van der Waals surface area contributed by atoms with E-state index in [1.54, 1.807) is 0 Å². The van der Waals surface area contributed by atoms with Gasteiger partial charge in [0.2, 0.25) is 0 Å². The summed E-state index contributed by atoms with van der Waals surface area (Å²) in [7, 11) is 0. The maximum absolute atomic E-state index is 13.2. The first-order chi connectivity index (χ1) is 14.6. The van der Waals surface area contributed by atoms with Crippen molar-refractivity contribution >= 4 is 27.6 Å². The van der Waals surface area contributed by atoms with E-state index < -0.39 is 0 Å². The van der Waals surface area contributed by atoms with Crippen LogP contribution in [0.2, 0.25) is 0 Å². The second-order valence-electron chi connectivity index (χ2n) is 8.07. The van der Waals surface area contributed by atoms with E-state index in [2.05, 4.69) is 31.3 Å². The first kappa shape index (κ1) is 18.7. The molecule has 2 heterocycles. The van der Waals surface area contributed by atoms with Crippen molar-refractivity contribution in [2.45, 2.75) is 44.8 Å². The largest absolute Gasteiger partial charge is 0.487 e. The topological polar surface area (TPSA) is 51.5 Å². The molecular formula is C26H25NO3. The molecule has 0 unspecified atom stereocenters. The maximum atomic E-state index is 13.2. The van der Waals surface area contributed by atoms with Gasteiger partial charge in [0.1, 0.15) is 16.9 Å². The van der Waals surface area contributed by atoms with Crippen LogP contribution in [0.25, 0.3) is 21.7 Å². The highest BCUT2D eigenvalue weighted by Gasteiger charge is 2.39. The molecule has 1 aliphatic heterocycles. The molecule has 0 spiro atoms. The van der Waals surface area contributed by atoms with Gasteiger partial charge in [0, 0.05) is 17.4 Å². The number of amides is 1. The number of hydrogen-bond donors (Lipinski definition) is 1. The SMILES string of the molecule is CCC1(CC)C[C@@H](NC(=O)c2cc3c(ccc4ccccc43)o2)c2ccccc2O1. The van der Waals surface area contributed by atoms with E-state index in [0.717, 1.165) is 52.3 Å². The molecule has 0 aliphatic carbocycles. The van der Waals surface area contributed by atoms with Crippen LogP contribution in [0.15, 0.2) is 71.1 Å². The Morgan fingerprint density at radius 2 is 1.77 bits per heavy atom. The molecule has 1 N–H and O–H groups in total. The molecular weight excluding hydrogens is 374 g/mol. The predicted octanol–water partition coefficient (Wildman–Crippen LogP) is 6.40. The van der Waals surface area contributed by atoms with Crippen molar-refractivity contribution in [2.75, 3.05) is 0 Å².